The van der Waals surface area contributed by atoms with Crippen molar-refractivity contribution in [2.45, 2.75) is 77.8 Å². The molecule has 5 atom stereocenters. The lowest BCUT2D eigenvalue weighted by Gasteiger charge is -2.48. The minimum atomic E-state index is 0.748. The summed E-state index contributed by atoms with van der Waals surface area (Å²) in [6, 6.07) is 1.58. The zero-order valence-electron chi connectivity index (χ0n) is 13.3. The van der Waals surface area contributed by atoms with Gasteiger partial charge in [-0.05, 0) is 50.1 Å². The van der Waals surface area contributed by atoms with E-state index < -0.39 is 0 Å². The summed E-state index contributed by atoms with van der Waals surface area (Å²) in [5.41, 5.74) is 6.05. The van der Waals surface area contributed by atoms with E-state index in [4.69, 9.17) is 5.73 Å². The van der Waals surface area contributed by atoms with Gasteiger partial charge in [-0.3, -0.25) is 4.90 Å². The molecular formula is C17H34N2. The second-order valence-electron chi connectivity index (χ2n) is 7.01. The van der Waals surface area contributed by atoms with Gasteiger partial charge in [0.15, 0.2) is 0 Å². The summed E-state index contributed by atoms with van der Waals surface area (Å²) in [5, 5.41) is 0. The van der Waals surface area contributed by atoms with Crippen molar-refractivity contribution in [1.82, 2.24) is 4.90 Å². The predicted octanol–water partition coefficient (Wildman–Crippen LogP) is 3.65. The van der Waals surface area contributed by atoms with Crippen molar-refractivity contribution >= 4 is 0 Å². The van der Waals surface area contributed by atoms with Crippen LogP contribution < -0.4 is 5.73 Å². The maximum atomic E-state index is 6.05. The fourth-order valence-corrected chi connectivity index (χ4v) is 4.64. The molecule has 5 unspecified atom stereocenters. The van der Waals surface area contributed by atoms with Crippen LogP contribution in [0.2, 0.25) is 0 Å². The van der Waals surface area contributed by atoms with Gasteiger partial charge in [0.05, 0.1) is 0 Å². The predicted molar refractivity (Wildman–Crippen MR) is 83.1 cm³/mol. The highest BCUT2D eigenvalue weighted by molar-refractivity contribution is 4.91. The number of nitrogens with zero attached hydrogens (tertiary/aromatic N) is 1. The van der Waals surface area contributed by atoms with E-state index in [0.717, 1.165) is 36.4 Å². The Morgan fingerprint density at radius 2 is 1.63 bits per heavy atom. The maximum absolute atomic E-state index is 6.05. The highest BCUT2D eigenvalue weighted by Gasteiger charge is 2.37. The minimum absolute atomic E-state index is 0.748. The monoisotopic (exact) mass is 266 g/mol. The van der Waals surface area contributed by atoms with Crippen LogP contribution in [0.3, 0.4) is 0 Å². The molecule has 0 bridgehead atoms. The van der Waals surface area contributed by atoms with E-state index in [1.54, 1.807) is 0 Å². The molecule has 0 aliphatic heterocycles. The lowest BCUT2D eigenvalue weighted by Crippen LogP contribution is -2.53. The SMILES string of the molecule is CCN(C1CCCCC1CN)C1CCCC(C)C1C. The molecule has 0 aromatic rings. The first kappa shape index (κ1) is 15.3. The van der Waals surface area contributed by atoms with E-state index in [1.807, 2.05) is 0 Å². The molecule has 0 radical (unpaired) electrons. The summed E-state index contributed by atoms with van der Waals surface area (Å²) in [5.74, 6) is 2.50. The third-order valence-electron chi connectivity index (χ3n) is 6.05. The Bertz CT molecular complexity index is 258. The summed E-state index contributed by atoms with van der Waals surface area (Å²) in [6.45, 7) is 9.39. The summed E-state index contributed by atoms with van der Waals surface area (Å²) >= 11 is 0. The van der Waals surface area contributed by atoms with Crippen molar-refractivity contribution in [2.24, 2.45) is 23.5 Å². The third kappa shape index (κ3) is 3.33. The second kappa shape index (κ2) is 7.08. The van der Waals surface area contributed by atoms with Crippen LogP contribution in [0.25, 0.3) is 0 Å². The second-order valence-corrected chi connectivity index (χ2v) is 7.01. The van der Waals surface area contributed by atoms with E-state index >= 15 is 0 Å². The van der Waals surface area contributed by atoms with Crippen molar-refractivity contribution in [3.63, 3.8) is 0 Å². The summed E-state index contributed by atoms with van der Waals surface area (Å²) < 4.78 is 0. The third-order valence-corrected chi connectivity index (χ3v) is 6.05. The summed E-state index contributed by atoms with van der Waals surface area (Å²) in [4.78, 5) is 2.84. The Balaban J connectivity index is 2.08. The van der Waals surface area contributed by atoms with Gasteiger partial charge in [0.25, 0.3) is 0 Å². The Morgan fingerprint density at radius 1 is 0.947 bits per heavy atom. The van der Waals surface area contributed by atoms with Gasteiger partial charge < -0.3 is 5.73 Å². The smallest absolute Gasteiger partial charge is 0.0138 e. The standard InChI is InChI=1S/C17H34N2/c1-4-19(16-11-7-8-13(2)14(16)3)17-10-6-5-9-15(17)12-18/h13-17H,4-12,18H2,1-3H3. The van der Waals surface area contributed by atoms with Gasteiger partial charge in [0.2, 0.25) is 0 Å². The zero-order chi connectivity index (χ0) is 13.8. The van der Waals surface area contributed by atoms with Crippen molar-refractivity contribution in [1.29, 1.82) is 0 Å². The molecule has 112 valence electrons. The highest BCUT2D eigenvalue weighted by atomic mass is 15.2. The molecule has 0 aromatic carbocycles. The molecule has 0 spiro atoms. The van der Waals surface area contributed by atoms with Crippen molar-refractivity contribution in [3.8, 4) is 0 Å². The van der Waals surface area contributed by atoms with Gasteiger partial charge in [0.1, 0.15) is 0 Å². The average Bonchev–Trinajstić information content (AvgIpc) is 2.45. The fraction of sp³-hybridized carbons (Fsp3) is 1.00. The first-order chi connectivity index (χ1) is 9.19. The summed E-state index contributed by atoms with van der Waals surface area (Å²) in [7, 11) is 0. The quantitative estimate of drug-likeness (QED) is 0.841. The van der Waals surface area contributed by atoms with E-state index in [9.17, 15) is 0 Å². The Hall–Kier alpha value is -0.0800. The van der Waals surface area contributed by atoms with E-state index in [0.29, 0.717) is 0 Å². The van der Waals surface area contributed by atoms with Crippen molar-refractivity contribution in [2.75, 3.05) is 13.1 Å². The summed E-state index contributed by atoms with van der Waals surface area (Å²) in [6.07, 6.45) is 9.81. The molecule has 2 aliphatic carbocycles. The lowest BCUT2D eigenvalue weighted by molar-refractivity contribution is 0.0140. The van der Waals surface area contributed by atoms with Crippen LogP contribution >= 0.6 is 0 Å². The number of rotatable bonds is 4. The van der Waals surface area contributed by atoms with E-state index in [2.05, 4.69) is 25.7 Å². The molecule has 2 rings (SSSR count). The molecule has 2 aliphatic rings. The highest BCUT2D eigenvalue weighted by Crippen LogP contribution is 2.37. The van der Waals surface area contributed by atoms with Crippen molar-refractivity contribution < 1.29 is 0 Å². The van der Waals surface area contributed by atoms with Crippen LogP contribution in [0.4, 0.5) is 0 Å². The van der Waals surface area contributed by atoms with Gasteiger partial charge in [-0.25, -0.2) is 0 Å². The molecule has 2 fully saturated rings. The topological polar surface area (TPSA) is 29.3 Å². The van der Waals surface area contributed by atoms with Crippen molar-refractivity contribution in [3.05, 3.63) is 0 Å². The van der Waals surface area contributed by atoms with Gasteiger partial charge in [-0.15, -0.1) is 0 Å². The van der Waals surface area contributed by atoms with E-state index in [-0.39, 0.29) is 0 Å². The zero-order valence-corrected chi connectivity index (χ0v) is 13.3. The normalized spacial score (nSPS) is 40.6. The maximum Gasteiger partial charge on any atom is 0.0138 e. The minimum Gasteiger partial charge on any atom is -0.330 e. The van der Waals surface area contributed by atoms with Crippen LogP contribution in [-0.4, -0.2) is 30.1 Å². The Morgan fingerprint density at radius 3 is 2.32 bits per heavy atom. The van der Waals surface area contributed by atoms with Gasteiger partial charge in [0, 0.05) is 12.1 Å². The number of hydrogen-bond donors (Lipinski definition) is 1. The molecule has 0 heterocycles. The Labute approximate surface area is 120 Å². The first-order valence-corrected chi connectivity index (χ1v) is 8.64. The molecule has 0 saturated heterocycles. The number of nitrogens with two attached hydrogens (primary N) is 1. The average molecular weight is 266 g/mol. The molecule has 2 nitrogen and oxygen atoms in total. The number of hydrogen-bond acceptors (Lipinski definition) is 2. The van der Waals surface area contributed by atoms with Crippen LogP contribution in [0.5, 0.6) is 0 Å². The molecule has 2 saturated carbocycles. The molecular weight excluding hydrogens is 232 g/mol. The first-order valence-electron chi connectivity index (χ1n) is 8.64. The largest absolute Gasteiger partial charge is 0.330 e. The molecule has 2 heteroatoms. The lowest BCUT2D eigenvalue weighted by atomic mass is 9.75. The fourth-order valence-electron chi connectivity index (χ4n) is 4.64. The molecule has 19 heavy (non-hydrogen) atoms. The molecule has 2 N–H and O–H groups in total. The van der Waals surface area contributed by atoms with Crippen LogP contribution in [0, 0.1) is 17.8 Å². The van der Waals surface area contributed by atoms with Gasteiger partial charge in [-0.2, -0.15) is 0 Å². The van der Waals surface area contributed by atoms with Crippen LogP contribution in [-0.2, 0) is 0 Å². The van der Waals surface area contributed by atoms with Crippen LogP contribution in [0.15, 0.2) is 0 Å². The van der Waals surface area contributed by atoms with E-state index in [1.165, 1.54) is 51.5 Å². The van der Waals surface area contributed by atoms with Crippen LogP contribution in [0.1, 0.15) is 65.7 Å². The van der Waals surface area contributed by atoms with Gasteiger partial charge in [-0.1, -0.05) is 46.5 Å². The Kier molecular flexibility index (Phi) is 5.70. The molecule has 0 amide bonds. The van der Waals surface area contributed by atoms with Gasteiger partial charge >= 0.3 is 0 Å². The molecule has 0 aromatic heterocycles.